The molecule has 0 spiro atoms. The summed E-state index contributed by atoms with van der Waals surface area (Å²) in [6.07, 6.45) is 0.196. The van der Waals surface area contributed by atoms with Crippen LogP contribution in [-0.4, -0.2) is 30.6 Å². The highest BCUT2D eigenvalue weighted by molar-refractivity contribution is 7.17. The van der Waals surface area contributed by atoms with Crippen LogP contribution in [0.3, 0.4) is 0 Å². The second-order valence-corrected chi connectivity index (χ2v) is 5.38. The molecule has 0 saturated heterocycles. The van der Waals surface area contributed by atoms with Crippen molar-refractivity contribution in [2.45, 2.75) is 13.3 Å². The van der Waals surface area contributed by atoms with E-state index in [2.05, 4.69) is 15.0 Å². The molecule has 0 bridgehead atoms. The van der Waals surface area contributed by atoms with Crippen molar-refractivity contribution in [1.29, 1.82) is 0 Å². The lowest BCUT2D eigenvalue weighted by molar-refractivity contribution is -0.116. The fourth-order valence-corrected chi connectivity index (χ4v) is 2.59. The monoisotopic (exact) mass is 320 g/mol. The predicted molar refractivity (Wildman–Crippen MR) is 83.4 cm³/mol. The summed E-state index contributed by atoms with van der Waals surface area (Å²) in [7, 11) is 1.31. The summed E-state index contributed by atoms with van der Waals surface area (Å²) in [5.41, 5.74) is 0.535. The quantitative estimate of drug-likeness (QED) is 0.828. The van der Waals surface area contributed by atoms with Crippen LogP contribution in [0.2, 0.25) is 0 Å². The van der Waals surface area contributed by atoms with Crippen molar-refractivity contribution in [2.75, 3.05) is 19.0 Å². The van der Waals surface area contributed by atoms with Gasteiger partial charge in [-0.15, -0.1) is 0 Å². The number of aryl methyl sites for hydroxylation is 1. The number of nitrogens with zero attached hydrogens (tertiary/aromatic N) is 1. The third-order valence-electron chi connectivity index (χ3n) is 2.75. The zero-order chi connectivity index (χ0) is 15.9. The van der Waals surface area contributed by atoms with Crippen LogP contribution in [0.25, 0.3) is 0 Å². The van der Waals surface area contributed by atoms with Crippen molar-refractivity contribution in [3.63, 3.8) is 0 Å². The number of carbonyl (C=O) groups excluding carboxylic acids is 2. The Bertz CT molecular complexity index is 655. The highest BCUT2D eigenvalue weighted by atomic mass is 32.1. The Morgan fingerprint density at radius 2 is 2.00 bits per heavy atom. The van der Waals surface area contributed by atoms with E-state index in [1.54, 1.807) is 6.92 Å². The Labute approximate surface area is 132 Å². The lowest BCUT2D eigenvalue weighted by atomic mass is 10.3. The number of anilines is 1. The van der Waals surface area contributed by atoms with Gasteiger partial charge in [0.2, 0.25) is 5.91 Å². The average molecular weight is 320 g/mol. The SMILES string of the molecule is COC(=O)c1sc(NC(=O)CCOc2ccccc2)nc1C. The molecule has 1 heterocycles. The molecule has 0 aliphatic rings. The number of ether oxygens (including phenoxy) is 2. The number of benzene rings is 1. The second kappa shape index (κ2) is 7.56. The van der Waals surface area contributed by atoms with Gasteiger partial charge in [-0.1, -0.05) is 29.5 Å². The Kier molecular flexibility index (Phi) is 5.48. The van der Waals surface area contributed by atoms with Gasteiger partial charge in [0.1, 0.15) is 10.6 Å². The van der Waals surface area contributed by atoms with Gasteiger partial charge in [-0.25, -0.2) is 9.78 Å². The van der Waals surface area contributed by atoms with Crippen LogP contribution >= 0.6 is 11.3 Å². The molecule has 0 unspecified atom stereocenters. The van der Waals surface area contributed by atoms with Crippen molar-refractivity contribution in [3.05, 3.63) is 40.9 Å². The minimum Gasteiger partial charge on any atom is -0.493 e. The van der Waals surface area contributed by atoms with Crippen LogP contribution in [0.1, 0.15) is 21.8 Å². The van der Waals surface area contributed by atoms with Crippen molar-refractivity contribution in [2.24, 2.45) is 0 Å². The highest BCUT2D eigenvalue weighted by Gasteiger charge is 2.16. The number of methoxy groups -OCH3 is 1. The fourth-order valence-electron chi connectivity index (χ4n) is 1.69. The van der Waals surface area contributed by atoms with E-state index in [0.29, 0.717) is 21.5 Å². The van der Waals surface area contributed by atoms with Gasteiger partial charge in [-0.3, -0.25) is 4.79 Å². The third kappa shape index (κ3) is 4.29. The molecular formula is C15H16N2O4S. The molecule has 2 aromatic rings. The molecular weight excluding hydrogens is 304 g/mol. The minimum absolute atomic E-state index is 0.196. The zero-order valence-corrected chi connectivity index (χ0v) is 13.1. The summed E-state index contributed by atoms with van der Waals surface area (Å²) in [6.45, 7) is 1.96. The summed E-state index contributed by atoms with van der Waals surface area (Å²) in [4.78, 5) is 27.8. The Morgan fingerprint density at radius 1 is 1.27 bits per heavy atom. The molecule has 0 fully saturated rings. The van der Waals surface area contributed by atoms with Crippen LogP contribution in [0, 0.1) is 6.92 Å². The van der Waals surface area contributed by atoms with E-state index in [9.17, 15) is 9.59 Å². The number of nitrogens with one attached hydrogen (secondary N) is 1. The van der Waals surface area contributed by atoms with Crippen LogP contribution < -0.4 is 10.1 Å². The second-order valence-electron chi connectivity index (χ2n) is 4.38. The van der Waals surface area contributed by atoms with Gasteiger partial charge in [0, 0.05) is 0 Å². The maximum absolute atomic E-state index is 11.8. The number of carbonyl (C=O) groups is 2. The number of aromatic nitrogens is 1. The molecule has 1 amide bonds. The van der Waals surface area contributed by atoms with Crippen molar-refractivity contribution in [1.82, 2.24) is 4.98 Å². The van der Waals surface area contributed by atoms with E-state index in [1.165, 1.54) is 7.11 Å². The zero-order valence-electron chi connectivity index (χ0n) is 12.3. The molecule has 0 radical (unpaired) electrons. The van der Waals surface area contributed by atoms with Crippen LogP contribution in [0.15, 0.2) is 30.3 Å². The van der Waals surface area contributed by atoms with Crippen LogP contribution in [0.5, 0.6) is 5.75 Å². The number of hydrogen-bond donors (Lipinski definition) is 1. The fraction of sp³-hybridized carbons (Fsp3) is 0.267. The highest BCUT2D eigenvalue weighted by Crippen LogP contribution is 2.23. The summed E-state index contributed by atoms with van der Waals surface area (Å²) < 4.78 is 10.1. The molecule has 1 N–H and O–H groups in total. The van der Waals surface area contributed by atoms with Crippen molar-refractivity contribution >= 4 is 28.3 Å². The van der Waals surface area contributed by atoms with Gasteiger partial charge in [-0.05, 0) is 19.1 Å². The molecule has 1 aromatic carbocycles. The van der Waals surface area contributed by atoms with E-state index < -0.39 is 5.97 Å². The van der Waals surface area contributed by atoms with E-state index in [1.807, 2.05) is 30.3 Å². The Balaban J connectivity index is 1.83. The Morgan fingerprint density at radius 3 is 2.68 bits per heavy atom. The number of thiazole rings is 1. The van der Waals surface area contributed by atoms with Gasteiger partial charge in [0.25, 0.3) is 0 Å². The smallest absolute Gasteiger partial charge is 0.350 e. The summed E-state index contributed by atoms with van der Waals surface area (Å²) in [5.74, 6) is 0.0392. The normalized spacial score (nSPS) is 10.1. The first-order chi connectivity index (χ1) is 10.6. The van der Waals surface area contributed by atoms with E-state index in [-0.39, 0.29) is 18.9 Å². The van der Waals surface area contributed by atoms with Crippen LogP contribution in [-0.2, 0) is 9.53 Å². The average Bonchev–Trinajstić information content (AvgIpc) is 2.88. The minimum atomic E-state index is -0.456. The molecule has 0 saturated carbocycles. The lowest BCUT2D eigenvalue weighted by Crippen LogP contribution is -2.15. The maximum atomic E-state index is 11.8. The van der Waals surface area contributed by atoms with Gasteiger partial charge < -0.3 is 14.8 Å². The number of hydrogen-bond acceptors (Lipinski definition) is 6. The predicted octanol–water partition coefficient (Wildman–Crippen LogP) is 2.65. The molecule has 0 aliphatic carbocycles. The van der Waals surface area contributed by atoms with Gasteiger partial charge in [0.05, 0.1) is 25.8 Å². The molecule has 6 nitrogen and oxygen atoms in total. The molecule has 116 valence electrons. The molecule has 1 aromatic heterocycles. The van der Waals surface area contributed by atoms with Crippen LogP contribution in [0.4, 0.5) is 5.13 Å². The number of rotatable bonds is 6. The number of esters is 1. The first-order valence-corrected chi connectivity index (χ1v) is 7.45. The standard InChI is InChI=1S/C15H16N2O4S/c1-10-13(14(19)20-2)22-15(16-10)17-12(18)8-9-21-11-6-4-3-5-7-11/h3-7H,8-9H2,1-2H3,(H,16,17,18). The first-order valence-electron chi connectivity index (χ1n) is 6.63. The lowest BCUT2D eigenvalue weighted by Gasteiger charge is -2.05. The third-order valence-corrected chi connectivity index (χ3v) is 3.81. The van der Waals surface area contributed by atoms with Gasteiger partial charge >= 0.3 is 5.97 Å². The van der Waals surface area contributed by atoms with Gasteiger partial charge in [0.15, 0.2) is 5.13 Å². The van der Waals surface area contributed by atoms with Crippen molar-refractivity contribution in [3.8, 4) is 5.75 Å². The van der Waals surface area contributed by atoms with E-state index >= 15 is 0 Å². The largest absolute Gasteiger partial charge is 0.493 e. The van der Waals surface area contributed by atoms with E-state index in [0.717, 1.165) is 11.3 Å². The maximum Gasteiger partial charge on any atom is 0.350 e. The summed E-state index contributed by atoms with van der Waals surface area (Å²) >= 11 is 1.09. The van der Waals surface area contributed by atoms with E-state index in [4.69, 9.17) is 4.74 Å². The molecule has 7 heteroatoms. The molecule has 0 atom stereocenters. The number of amides is 1. The molecule has 0 aliphatic heterocycles. The first kappa shape index (κ1) is 16.0. The molecule has 22 heavy (non-hydrogen) atoms. The topological polar surface area (TPSA) is 77.5 Å². The van der Waals surface area contributed by atoms with Crippen molar-refractivity contribution < 1.29 is 19.1 Å². The summed E-state index contributed by atoms with van der Waals surface area (Å²) in [5, 5.41) is 3.03. The van der Waals surface area contributed by atoms with Gasteiger partial charge in [-0.2, -0.15) is 0 Å². The Hall–Kier alpha value is -2.41. The summed E-state index contributed by atoms with van der Waals surface area (Å²) in [6, 6.07) is 9.27. The number of para-hydroxylation sites is 1. The molecule has 2 rings (SSSR count).